The monoisotopic (exact) mass is 472 g/mol. The average Bonchev–Trinajstić information content (AvgIpc) is 2.82. The van der Waals surface area contributed by atoms with Gasteiger partial charge < -0.3 is 4.90 Å². The molecule has 0 radical (unpaired) electrons. The van der Waals surface area contributed by atoms with Crippen molar-refractivity contribution in [3.8, 4) is 0 Å². The number of rotatable bonds is 6. The first-order valence-corrected chi connectivity index (χ1v) is 13.0. The van der Waals surface area contributed by atoms with E-state index < -0.39 is 10.0 Å². The Kier molecular flexibility index (Phi) is 6.91. The summed E-state index contributed by atoms with van der Waals surface area (Å²) >= 11 is 6.29. The van der Waals surface area contributed by atoms with Gasteiger partial charge in [0, 0.05) is 18.7 Å². The molecule has 1 saturated heterocycles. The standard InChI is InChI=1S/C25H29ClN2O3S/c1-2-15-28(24-13-6-5-12-23(24)26)32(30,31)22-11-7-10-20(17-22)25(29)27-16-14-19-8-3-4-9-21(19)18-27/h2,5-7,10-13,17,19,21H,1,3-4,8-9,14-16,18H2. The summed E-state index contributed by atoms with van der Waals surface area (Å²) in [4.78, 5) is 15.2. The molecule has 2 aliphatic rings. The quantitative estimate of drug-likeness (QED) is 0.531. The van der Waals surface area contributed by atoms with Crippen LogP contribution in [-0.4, -0.2) is 38.9 Å². The van der Waals surface area contributed by atoms with Crippen molar-refractivity contribution in [3.63, 3.8) is 0 Å². The fourth-order valence-electron chi connectivity index (χ4n) is 4.98. The minimum atomic E-state index is -3.94. The van der Waals surface area contributed by atoms with E-state index in [2.05, 4.69) is 6.58 Å². The summed E-state index contributed by atoms with van der Waals surface area (Å²) in [6, 6.07) is 13.1. The van der Waals surface area contributed by atoms with Crippen LogP contribution in [0, 0.1) is 11.8 Å². The van der Waals surface area contributed by atoms with Crippen LogP contribution in [0.15, 0.2) is 66.1 Å². The molecule has 4 rings (SSSR count). The first kappa shape index (κ1) is 22.9. The summed E-state index contributed by atoms with van der Waals surface area (Å²) in [7, 11) is -3.94. The highest BCUT2D eigenvalue weighted by molar-refractivity contribution is 7.92. The van der Waals surface area contributed by atoms with E-state index in [1.165, 1.54) is 48.2 Å². The number of halogens is 1. The SMILES string of the molecule is C=CCN(c1ccccc1Cl)S(=O)(=O)c1cccc(C(=O)N2CCC3CCCCC3C2)c1. The third-order valence-corrected chi connectivity index (χ3v) is 8.76. The van der Waals surface area contributed by atoms with Crippen LogP contribution in [0.4, 0.5) is 5.69 Å². The Morgan fingerprint density at radius 2 is 1.84 bits per heavy atom. The predicted octanol–water partition coefficient (Wildman–Crippen LogP) is 5.37. The van der Waals surface area contributed by atoms with E-state index in [1.54, 1.807) is 36.4 Å². The summed E-state index contributed by atoms with van der Waals surface area (Å²) in [5, 5.41) is 0.334. The molecule has 2 atom stereocenters. The maximum Gasteiger partial charge on any atom is 0.264 e. The van der Waals surface area contributed by atoms with Gasteiger partial charge in [-0.05, 0) is 55.0 Å². The molecule has 5 nitrogen and oxygen atoms in total. The largest absolute Gasteiger partial charge is 0.338 e. The van der Waals surface area contributed by atoms with Crippen molar-refractivity contribution in [2.75, 3.05) is 23.9 Å². The minimum absolute atomic E-state index is 0.0673. The van der Waals surface area contributed by atoms with Crippen molar-refractivity contribution in [1.82, 2.24) is 4.90 Å². The number of hydrogen-bond acceptors (Lipinski definition) is 3. The van der Waals surface area contributed by atoms with Crippen LogP contribution in [0.3, 0.4) is 0 Å². The van der Waals surface area contributed by atoms with Crippen molar-refractivity contribution in [3.05, 3.63) is 71.8 Å². The molecule has 1 saturated carbocycles. The molecule has 2 aromatic rings. The number of nitrogens with zero attached hydrogens (tertiary/aromatic N) is 2. The van der Waals surface area contributed by atoms with E-state index in [1.807, 2.05) is 4.90 Å². The van der Waals surface area contributed by atoms with E-state index >= 15 is 0 Å². The van der Waals surface area contributed by atoms with E-state index in [4.69, 9.17) is 11.6 Å². The Morgan fingerprint density at radius 3 is 2.59 bits per heavy atom. The number of hydrogen-bond donors (Lipinski definition) is 0. The number of carbonyl (C=O) groups excluding carboxylic acids is 1. The maximum absolute atomic E-state index is 13.5. The van der Waals surface area contributed by atoms with Gasteiger partial charge >= 0.3 is 0 Å². The predicted molar refractivity (Wildman–Crippen MR) is 129 cm³/mol. The number of anilines is 1. The summed E-state index contributed by atoms with van der Waals surface area (Å²) < 4.78 is 28.2. The summed E-state index contributed by atoms with van der Waals surface area (Å²) in [5.74, 6) is 1.19. The van der Waals surface area contributed by atoms with Crippen molar-refractivity contribution in [2.45, 2.75) is 37.0 Å². The van der Waals surface area contributed by atoms with Crippen LogP contribution >= 0.6 is 11.6 Å². The molecule has 2 aromatic carbocycles. The Balaban J connectivity index is 1.60. The molecule has 2 unspecified atom stereocenters. The van der Waals surface area contributed by atoms with Crippen molar-refractivity contribution in [1.29, 1.82) is 0 Å². The van der Waals surface area contributed by atoms with Crippen LogP contribution in [0.1, 0.15) is 42.5 Å². The number of para-hydroxylation sites is 1. The molecular weight excluding hydrogens is 444 g/mol. The maximum atomic E-state index is 13.5. The number of fused-ring (bicyclic) bond motifs is 1. The number of carbonyl (C=O) groups is 1. The molecule has 0 N–H and O–H groups in total. The lowest BCUT2D eigenvalue weighted by Crippen LogP contribution is -2.44. The zero-order valence-corrected chi connectivity index (χ0v) is 19.7. The molecule has 0 bridgehead atoms. The van der Waals surface area contributed by atoms with Gasteiger partial charge in [0.15, 0.2) is 0 Å². The summed E-state index contributed by atoms with van der Waals surface area (Å²) in [6.45, 7) is 5.26. The fourth-order valence-corrected chi connectivity index (χ4v) is 6.77. The van der Waals surface area contributed by atoms with E-state index in [0.717, 1.165) is 25.4 Å². The van der Waals surface area contributed by atoms with Gasteiger partial charge in [-0.15, -0.1) is 6.58 Å². The van der Waals surface area contributed by atoms with Crippen LogP contribution in [-0.2, 0) is 10.0 Å². The molecule has 0 aromatic heterocycles. The van der Waals surface area contributed by atoms with Gasteiger partial charge in [0.25, 0.3) is 15.9 Å². The van der Waals surface area contributed by atoms with Gasteiger partial charge in [0.05, 0.1) is 22.2 Å². The lowest BCUT2D eigenvalue weighted by atomic mass is 9.75. The Morgan fingerprint density at radius 1 is 1.09 bits per heavy atom. The molecule has 32 heavy (non-hydrogen) atoms. The van der Waals surface area contributed by atoms with Gasteiger partial charge in [-0.3, -0.25) is 9.10 Å². The second-order valence-electron chi connectivity index (χ2n) is 8.65. The van der Waals surface area contributed by atoms with Crippen LogP contribution < -0.4 is 4.31 Å². The minimum Gasteiger partial charge on any atom is -0.338 e. The fraction of sp³-hybridized carbons (Fsp3) is 0.400. The highest BCUT2D eigenvalue weighted by Gasteiger charge is 2.34. The van der Waals surface area contributed by atoms with E-state index in [9.17, 15) is 13.2 Å². The van der Waals surface area contributed by atoms with E-state index in [-0.39, 0.29) is 17.3 Å². The number of amides is 1. The molecule has 1 amide bonds. The molecule has 7 heteroatoms. The number of sulfonamides is 1. The number of piperidine rings is 1. The van der Waals surface area contributed by atoms with Crippen LogP contribution in [0.25, 0.3) is 0 Å². The molecule has 1 heterocycles. The third kappa shape index (κ3) is 4.57. The molecule has 2 fully saturated rings. The molecule has 0 spiro atoms. The molecule has 170 valence electrons. The zero-order valence-electron chi connectivity index (χ0n) is 18.1. The van der Waals surface area contributed by atoms with Gasteiger partial charge in [-0.1, -0.05) is 55.1 Å². The Hall–Kier alpha value is -2.31. The van der Waals surface area contributed by atoms with Crippen LogP contribution in [0.2, 0.25) is 5.02 Å². The number of benzene rings is 2. The second-order valence-corrected chi connectivity index (χ2v) is 10.9. The van der Waals surface area contributed by atoms with Crippen LogP contribution in [0.5, 0.6) is 0 Å². The normalized spacial score (nSPS) is 21.0. The topological polar surface area (TPSA) is 57.7 Å². The van der Waals surface area contributed by atoms with E-state index in [0.29, 0.717) is 22.2 Å². The van der Waals surface area contributed by atoms with Gasteiger partial charge in [0.1, 0.15) is 0 Å². The van der Waals surface area contributed by atoms with Gasteiger partial charge in [0.2, 0.25) is 0 Å². The summed E-state index contributed by atoms with van der Waals surface area (Å²) in [6.07, 6.45) is 7.52. The van der Waals surface area contributed by atoms with Crippen molar-refractivity contribution < 1.29 is 13.2 Å². The van der Waals surface area contributed by atoms with Crippen molar-refractivity contribution in [2.24, 2.45) is 11.8 Å². The second kappa shape index (κ2) is 9.67. The molecule has 1 aliphatic carbocycles. The highest BCUT2D eigenvalue weighted by atomic mass is 35.5. The lowest BCUT2D eigenvalue weighted by molar-refractivity contribution is 0.0520. The third-order valence-electron chi connectivity index (χ3n) is 6.66. The highest BCUT2D eigenvalue weighted by Crippen LogP contribution is 2.36. The first-order chi connectivity index (χ1) is 15.4. The Bertz CT molecular complexity index is 1100. The smallest absolute Gasteiger partial charge is 0.264 e. The molecular formula is C25H29ClN2O3S. The van der Waals surface area contributed by atoms with Crippen molar-refractivity contribution >= 4 is 33.2 Å². The zero-order chi connectivity index (χ0) is 22.7. The average molecular weight is 473 g/mol. The Labute approximate surface area is 195 Å². The van der Waals surface area contributed by atoms with Gasteiger partial charge in [-0.2, -0.15) is 0 Å². The van der Waals surface area contributed by atoms with Gasteiger partial charge in [-0.25, -0.2) is 8.42 Å². The lowest BCUT2D eigenvalue weighted by Gasteiger charge is -2.41. The molecule has 1 aliphatic heterocycles. The number of likely N-dealkylation sites (tertiary alicyclic amines) is 1. The summed E-state index contributed by atoms with van der Waals surface area (Å²) in [5.41, 5.74) is 0.781. The first-order valence-electron chi connectivity index (χ1n) is 11.2.